The highest BCUT2D eigenvalue weighted by atomic mass is 16.3. The van der Waals surface area contributed by atoms with Crippen molar-refractivity contribution in [2.75, 3.05) is 0 Å². The molecular formula is C37H23N3O. The van der Waals surface area contributed by atoms with Gasteiger partial charge in [-0.05, 0) is 52.2 Å². The molecule has 192 valence electrons. The van der Waals surface area contributed by atoms with Gasteiger partial charge in [0, 0.05) is 27.5 Å². The molecule has 0 unspecified atom stereocenters. The van der Waals surface area contributed by atoms with E-state index in [-0.39, 0.29) is 0 Å². The Morgan fingerprint density at radius 1 is 0.341 bits per heavy atom. The first-order chi connectivity index (χ1) is 20.3. The van der Waals surface area contributed by atoms with Gasteiger partial charge in [0.15, 0.2) is 17.5 Å². The van der Waals surface area contributed by atoms with E-state index in [1.807, 2.05) is 54.6 Å². The number of rotatable bonds is 4. The van der Waals surface area contributed by atoms with Crippen molar-refractivity contribution in [1.29, 1.82) is 0 Å². The Bertz CT molecular complexity index is 2220. The molecule has 8 rings (SSSR count). The van der Waals surface area contributed by atoms with Crippen molar-refractivity contribution in [3.63, 3.8) is 0 Å². The third kappa shape index (κ3) is 4.23. The summed E-state index contributed by atoms with van der Waals surface area (Å²) < 4.78 is 6.17. The van der Waals surface area contributed by atoms with Crippen LogP contribution in [0.2, 0.25) is 0 Å². The molecule has 0 saturated heterocycles. The Morgan fingerprint density at radius 3 is 1.78 bits per heavy atom. The van der Waals surface area contributed by atoms with Crippen molar-refractivity contribution in [2.24, 2.45) is 0 Å². The number of hydrogen-bond donors (Lipinski definition) is 0. The molecular weight excluding hydrogens is 502 g/mol. The van der Waals surface area contributed by atoms with Crippen molar-refractivity contribution >= 4 is 32.7 Å². The highest BCUT2D eigenvalue weighted by Gasteiger charge is 2.15. The fourth-order valence-corrected chi connectivity index (χ4v) is 5.42. The second-order valence-electron chi connectivity index (χ2n) is 10.1. The first-order valence-electron chi connectivity index (χ1n) is 13.6. The SMILES string of the molecule is c1ccc(-c2nc(-c3cccc(-c4ccc5ccccc5c4)c3)nc(-c3ccc4c(c3)oc3ccccc34)n2)cc1. The summed E-state index contributed by atoms with van der Waals surface area (Å²) in [5.41, 5.74) is 6.69. The van der Waals surface area contributed by atoms with Crippen LogP contribution in [0.5, 0.6) is 0 Å². The summed E-state index contributed by atoms with van der Waals surface area (Å²) in [6, 6.07) is 47.7. The highest BCUT2D eigenvalue weighted by molar-refractivity contribution is 6.05. The largest absolute Gasteiger partial charge is 0.456 e. The van der Waals surface area contributed by atoms with E-state index in [1.165, 1.54) is 10.8 Å². The standard InChI is InChI=1S/C37H23N3O/c1-2-10-25(11-3-1)35-38-36(29-14-8-13-27(22-29)28-18-17-24-9-4-5-12-26(24)21-28)40-37(39-35)30-19-20-32-31-15-6-7-16-33(31)41-34(32)23-30/h1-23H. The summed E-state index contributed by atoms with van der Waals surface area (Å²) >= 11 is 0. The summed E-state index contributed by atoms with van der Waals surface area (Å²) in [7, 11) is 0. The zero-order valence-electron chi connectivity index (χ0n) is 22.0. The number of furan rings is 1. The van der Waals surface area contributed by atoms with Crippen LogP contribution >= 0.6 is 0 Å². The molecule has 0 N–H and O–H groups in total. The number of benzene rings is 6. The van der Waals surface area contributed by atoms with Gasteiger partial charge in [0.1, 0.15) is 11.2 Å². The molecule has 0 saturated carbocycles. The molecule has 0 aliphatic rings. The summed E-state index contributed by atoms with van der Waals surface area (Å²) in [4.78, 5) is 14.8. The van der Waals surface area contributed by atoms with Crippen LogP contribution < -0.4 is 0 Å². The first kappa shape index (κ1) is 23.3. The van der Waals surface area contributed by atoms with Gasteiger partial charge in [-0.2, -0.15) is 0 Å². The second-order valence-corrected chi connectivity index (χ2v) is 10.1. The van der Waals surface area contributed by atoms with E-state index in [0.29, 0.717) is 17.5 Å². The van der Waals surface area contributed by atoms with Crippen LogP contribution in [-0.2, 0) is 0 Å². The number of fused-ring (bicyclic) bond motifs is 4. The van der Waals surface area contributed by atoms with E-state index in [4.69, 9.17) is 19.4 Å². The molecule has 2 aromatic heterocycles. The van der Waals surface area contributed by atoms with Gasteiger partial charge in [-0.15, -0.1) is 0 Å². The molecule has 41 heavy (non-hydrogen) atoms. The van der Waals surface area contributed by atoms with E-state index in [0.717, 1.165) is 49.8 Å². The fraction of sp³-hybridized carbons (Fsp3) is 0. The molecule has 6 aromatic carbocycles. The van der Waals surface area contributed by atoms with Crippen molar-refractivity contribution in [3.05, 3.63) is 140 Å². The lowest BCUT2D eigenvalue weighted by Gasteiger charge is -2.10. The van der Waals surface area contributed by atoms with Crippen LogP contribution in [0.1, 0.15) is 0 Å². The summed E-state index contributed by atoms with van der Waals surface area (Å²) in [6.45, 7) is 0. The molecule has 0 radical (unpaired) electrons. The van der Waals surface area contributed by atoms with Gasteiger partial charge in [0.25, 0.3) is 0 Å². The Labute approximate surface area is 236 Å². The normalized spacial score (nSPS) is 11.4. The monoisotopic (exact) mass is 525 g/mol. The van der Waals surface area contributed by atoms with Gasteiger partial charge in [-0.3, -0.25) is 0 Å². The second kappa shape index (κ2) is 9.54. The Hall–Kier alpha value is -5.61. The van der Waals surface area contributed by atoms with Gasteiger partial charge in [-0.25, -0.2) is 15.0 Å². The number of hydrogen-bond acceptors (Lipinski definition) is 4. The average Bonchev–Trinajstić information content (AvgIpc) is 3.43. The predicted molar refractivity (Wildman–Crippen MR) is 166 cm³/mol. The van der Waals surface area contributed by atoms with Crippen LogP contribution in [0.25, 0.3) is 78.0 Å². The first-order valence-corrected chi connectivity index (χ1v) is 13.6. The van der Waals surface area contributed by atoms with E-state index in [9.17, 15) is 0 Å². The van der Waals surface area contributed by atoms with Crippen LogP contribution in [-0.4, -0.2) is 15.0 Å². The Balaban J connectivity index is 1.28. The minimum absolute atomic E-state index is 0.604. The van der Waals surface area contributed by atoms with Gasteiger partial charge in [0.05, 0.1) is 0 Å². The van der Waals surface area contributed by atoms with Gasteiger partial charge in [0.2, 0.25) is 0 Å². The molecule has 4 heteroatoms. The lowest BCUT2D eigenvalue weighted by atomic mass is 9.99. The molecule has 0 bridgehead atoms. The molecule has 8 aromatic rings. The maximum absolute atomic E-state index is 6.17. The third-order valence-corrected chi connectivity index (χ3v) is 7.51. The van der Waals surface area contributed by atoms with E-state index >= 15 is 0 Å². The molecule has 0 aliphatic carbocycles. The van der Waals surface area contributed by atoms with Crippen LogP contribution in [0.3, 0.4) is 0 Å². The quantitative estimate of drug-likeness (QED) is 0.230. The third-order valence-electron chi connectivity index (χ3n) is 7.51. The number of para-hydroxylation sites is 1. The minimum Gasteiger partial charge on any atom is -0.456 e. The maximum atomic E-state index is 6.17. The summed E-state index contributed by atoms with van der Waals surface area (Å²) in [5, 5.41) is 4.61. The summed E-state index contributed by atoms with van der Waals surface area (Å²) in [6.07, 6.45) is 0. The molecule has 0 amide bonds. The topological polar surface area (TPSA) is 51.8 Å². The lowest BCUT2D eigenvalue weighted by Crippen LogP contribution is -2.00. The predicted octanol–water partition coefficient (Wildman–Crippen LogP) is 9.59. The van der Waals surface area contributed by atoms with Crippen molar-refractivity contribution in [1.82, 2.24) is 15.0 Å². The minimum atomic E-state index is 0.604. The van der Waals surface area contributed by atoms with Gasteiger partial charge < -0.3 is 4.42 Å². The average molecular weight is 526 g/mol. The molecule has 4 nitrogen and oxygen atoms in total. The lowest BCUT2D eigenvalue weighted by molar-refractivity contribution is 0.669. The molecule has 0 fully saturated rings. The fourth-order valence-electron chi connectivity index (χ4n) is 5.42. The van der Waals surface area contributed by atoms with Gasteiger partial charge >= 0.3 is 0 Å². The molecule has 0 aliphatic heterocycles. The zero-order chi connectivity index (χ0) is 27.2. The van der Waals surface area contributed by atoms with Crippen LogP contribution in [0, 0.1) is 0 Å². The number of nitrogens with zero attached hydrogens (tertiary/aromatic N) is 3. The van der Waals surface area contributed by atoms with Crippen LogP contribution in [0.15, 0.2) is 144 Å². The molecule has 0 spiro atoms. The molecule has 0 atom stereocenters. The van der Waals surface area contributed by atoms with Crippen molar-refractivity contribution < 1.29 is 4.42 Å². The van der Waals surface area contributed by atoms with E-state index in [1.54, 1.807) is 0 Å². The highest BCUT2D eigenvalue weighted by Crippen LogP contribution is 2.33. The Morgan fingerprint density at radius 2 is 0.927 bits per heavy atom. The molecule has 2 heterocycles. The van der Waals surface area contributed by atoms with Crippen molar-refractivity contribution in [2.45, 2.75) is 0 Å². The van der Waals surface area contributed by atoms with E-state index < -0.39 is 0 Å². The maximum Gasteiger partial charge on any atom is 0.164 e. The van der Waals surface area contributed by atoms with Gasteiger partial charge in [-0.1, -0.05) is 109 Å². The Kier molecular flexibility index (Phi) is 5.42. The van der Waals surface area contributed by atoms with Crippen molar-refractivity contribution in [3.8, 4) is 45.3 Å². The zero-order valence-corrected chi connectivity index (χ0v) is 22.0. The van der Waals surface area contributed by atoms with Crippen LogP contribution in [0.4, 0.5) is 0 Å². The summed E-state index contributed by atoms with van der Waals surface area (Å²) in [5.74, 6) is 1.86. The van der Waals surface area contributed by atoms with E-state index in [2.05, 4.69) is 84.9 Å². The smallest absolute Gasteiger partial charge is 0.164 e. The number of aromatic nitrogens is 3.